The number of rotatable bonds is 4. The van der Waals surface area contributed by atoms with Crippen molar-refractivity contribution in [1.29, 1.82) is 0 Å². The summed E-state index contributed by atoms with van der Waals surface area (Å²) < 4.78 is 1.80. The number of thiophene rings is 1. The highest BCUT2D eigenvalue weighted by Crippen LogP contribution is 2.24. The van der Waals surface area contributed by atoms with Gasteiger partial charge in [0.05, 0.1) is 17.1 Å². The van der Waals surface area contributed by atoms with Crippen LogP contribution in [0.25, 0.3) is 11.0 Å². The molecule has 0 fully saturated rings. The molecule has 6 heteroatoms. The first kappa shape index (κ1) is 13.8. The Morgan fingerprint density at radius 2 is 2.19 bits per heavy atom. The molecule has 0 bridgehead atoms. The van der Waals surface area contributed by atoms with E-state index in [1.54, 1.807) is 28.2 Å². The summed E-state index contributed by atoms with van der Waals surface area (Å²) in [4.78, 5) is 13.8. The van der Waals surface area contributed by atoms with E-state index in [9.17, 15) is 9.90 Å². The van der Waals surface area contributed by atoms with Crippen LogP contribution in [0, 0.1) is 6.92 Å². The van der Waals surface area contributed by atoms with Gasteiger partial charge in [0.25, 0.3) is 0 Å². The largest absolute Gasteiger partial charge is 0.478 e. The van der Waals surface area contributed by atoms with Gasteiger partial charge in [-0.3, -0.25) is 0 Å². The molecule has 3 aromatic rings. The summed E-state index contributed by atoms with van der Waals surface area (Å²) >= 11 is 1.77. The molecule has 0 aliphatic rings. The number of aryl methyl sites for hydroxylation is 1. The lowest BCUT2D eigenvalue weighted by Gasteiger charge is -2.11. The monoisotopic (exact) mass is 301 g/mol. The van der Waals surface area contributed by atoms with Crippen LogP contribution < -0.4 is 0 Å². The van der Waals surface area contributed by atoms with Crippen LogP contribution in [-0.2, 0) is 6.42 Å². The number of carboxylic acids is 1. The molecule has 0 radical (unpaired) electrons. The van der Waals surface area contributed by atoms with Crippen LogP contribution in [0.4, 0.5) is 0 Å². The maximum absolute atomic E-state index is 11.2. The molecule has 0 saturated carbocycles. The first-order chi connectivity index (χ1) is 10.1. The van der Waals surface area contributed by atoms with Gasteiger partial charge in [0.1, 0.15) is 5.52 Å². The minimum absolute atomic E-state index is 0.122. The van der Waals surface area contributed by atoms with Gasteiger partial charge >= 0.3 is 5.97 Å². The van der Waals surface area contributed by atoms with Crippen LogP contribution in [0.3, 0.4) is 0 Å². The van der Waals surface area contributed by atoms with Crippen molar-refractivity contribution in [1.82, 2.24) is 15.0 Å². The SMILES string of the molecule is Cc1ccc(CC(C)n2nnc3c(C(=O)O)cccc32)s1. The Morgan fingerprint density at radius 1 is 1.38 bits per heavy atom. The van der Waals surface area contributed by atoms with Gasteiger partial charge in [0.15, 0.2) is 0 Å². The summed E-state index contributed by atoms with van der Waals surface area (Å²) in [6, 6.07) is 9.49. The predicted molar refractivity (Wildman–Crippen MR) is 82.0 cm³/mol. The fourth-order valence-corrected chi connectivity index (χ4v) is 3.44. The number of aromatic carboxylic acids is 1. The molecule has 21 heavy (non-hydrogen) atoms. The molecule has 108 valence electrons. The number of benzene rings is 1. The van der Waals surface area contributed by atoms with Crippen molar-refractivity contribution >= 4 is 28.3 Å². The summed E-state index contributed by atoms with van der Waals surface area (Å²) in [7, 11) is 0. The van der Waals surface area contributed by atoms with Crippen LogP contribution in [0.2, 0.25) is 0 Å². The Balaban J connectivity index is 1.97. The van der Waals surface area contributed by atoms with E-state index in [0.29, 0.717) is 5.52 Å². The van der Waals surface area contributed by atoms with Crippen molar-refractivity contribution in [2.75, 3.05) is 0 Å². The second-order valence-electron chi connectivity index (χ2n) is 5.08. The molecule has 0 aliphatic heterocycles. The zero-order valence-corrected chi connectivity index (χ0v) is 12.6. The fraction of sp³-hybridized carbons (Fsp3) is 0.267. The zero-order chi connectivity index (χ0) is 15.0. The first-order valence-corrected chi connectivity index (χ1v) is 7.50. The standard InChI is InChI=1S/C15H15N3O2S/c1-9(8-11-7-6-10(2)21-11)18-13-5-3-4-12(15(19)20)14(13)16-17-18/h3-7,9H,8H2,1-2H3,(H,19,20). The van der Waals surface area contributed by atoms with E-state index >= 15 is 0 Å². The van der Waals surface area contributed by atoms with E-state index in [1.165, 1.54) is 9.75 Å². The van der Waals surface area contributed by atoms with Gasteiger partial charge in [-0.1, -0.05) is 11.3 Å². The van der Waals surface area contributed by atoms with E-state index in [0.717, 1.165) is 11.9 Å². The topological polar surface area (TPSA) is 68.0 Å². The average Bonchev–Trinajstić information content (AvgIpc) is 3.04. The third-order valence-corrected chi connectivity index (χ3v) is 4.47. The molecule has 0 spiro atoms. The van der Waals surface area contributed by atoms with Gasteiger partial charge in [-0.05, 0) is 38.1 Å². The minimum Gasteiger partial charge on any atom is -0.478 e. The van der Waals surface area contributed by atoms with Gasteiger partial charge in [0.2, 0.25) is 0 Å². The molecule has 3 rings (SSSR count). The maximum atomic E-state index is 11.2. The van der Waals surface area contributed by atoms with Gasteiger partial charge in [-0.2, -0.15) is 0 Å². The fourth-order valence-electron chi connectivity index (χ4n) is 2.43. The molecule has 1 unspecified atom stereocenters. The average molecular weight is 301 g/mol. The lowest BCUT2D eigenvalue weighted by molar-refractivity contribution is 0.0699. The molecule has 5 nitrogen and oxygen atoms in total. The number of hydrogen-bond donors (Lipinski definition) is 1. The third kappa shape index (κ3) is 2.54. The van der Waals surface area contributed by atoms with Crippen LogP contribution in [0.1, 0.15) is 33.1 Å². The number of hydrogen-bond acceptors (Lipinski definition) is 4. The summed E-state index contributed by atoms with van der Waals surface area (Å²) in [5, 5.41) is 17.4. The van der Waals surface area contributed by atoms with Gasteiger partial charge in [-0.25, -0.2) is 9.48 Å². The van der Waals surface area contributed by atoms with Gasteiger partial charge in [0, 0.05) is 16.2 Å². The quantitative estimate of drug-likeness (QED) is 0.802. The van der Waals surface area contributed by atoms with Crippen molar-refractivity contribution < 1.29 is 9.90 Å². The van der Waals surface area contributed by atoms with E-state index in [-0.39, 0.29) is 11.6 Å². The Labute approximate surface area is 125 Å². The molecule has 0 saturated heterocycles. The summed E-state index contributed by atoms with van der Waals surface area (Å²) in [6.07, 6.45) is 0.855. The van der Waals surface area contributed by atoms with Crippen LogP contribution in [0.15, 0.2) is 30.3 Å². The van der Waals surface area contributed by atoms with Crippen molar-refractivity contribution in [3.8, 4) is 0 Å². The molecule has 2 heterocycles. The number of carboxylic acid groups (broad SMARTS) is 1. The molecule has 1 aromatic carbocycles. The van der Waals surface area contributed by atoms with Crippen molar-refractivity contribution in [2.24, 2.45) is 0 Å². The Morgan fingerprint density at radius 3 is 2.86 bits per heavy atom. The predicted octanol–water partition coefficient (Wildman–Crippen LogP) is 3.30. The second kappa shape index (κ2) is 5.29. The van der Waals surface area contributed by atoms with E-state index in [2.05, 4.69) is 36.3 Å². The Hall–Kier alpha value is -2.21. The number of fused-ring (bicyclic) bond motifs is 1. The Bertz CT molecular complexity index is 806. The lowest BCUT2D eigenvalue weighted by atomic mass is 10.1. The number of carbonyl (C=O) groups is 1. The third-order valence-electron chi connectivity index (χ3n) is 3.44. The highest BCUT2D eigenvalue weighted by atomic mass is 32.1. The highest BCUT2D eigenvalue weighted by molar-refractivity contribution is 7.11. The van der Waals surface area contributed by atoms with E-state index in [1.807, 2.05) is 6.07 Å². The maximum Gasteiger partial charge on any atom is 0.338 e. The van der Waals surface area contributed by atoms with E-state index in [4.69, 9.17) is 0 Å². The molecule has 2 aromatic heterocycles. The minimum atomic E-state index is -0.978. The summed E-state index contributed by atoms with van der Waals surface area (Å²) in [6.45, 7) is 4.15. The zero-order valence-electron chi connectivity index (χ0n) is 11.8. The van der Waals surface area contributed by atoms with Crippen LogP contribution in [0.5, 0.6) is 0 Å². The molecule has 1 atom stereocenters. The molecular formula is C15H15N3O2S. The number of aromatic nitrogens is 3. The van der Waals surface area contributed by atoms with Crippen molar-refractivity contribution in [3.63, 3.8) is 0 Å². The lowest BCUT2D eigenvalue weighted by Crippen LogP contribution is -2.09. The number of nitrogens with zero attached hydrogens (tertiary/aromatic N) is 3. The van der Waals surface area contributed by atoms with E-state index < -0.39 is 5.97 Å². The normalized spacial score (nSPS) is 12.7. The molecule has 0 amide bonds. The first-order valence-electron chi connectivity index (χ1n) is 6.69. The van der Waals surface area contributed by atoms with Crippen LogP contribution in [-0.4, -0.2) is 26.1 Å². The smallest absolute Gasteiger partial charge is 0.338 e. The second-order valence-corrected chi connectivity index (χ2v) is 6.45. The Kier molecular flexibility index (Phi) is 3.47. The van der Waals surface area contributed by atoms with Crippen molar-refractivity contribution in [3.05, 3.63) is 45.6 Å². The van der Waals surface area contributed by atoms with Gasteiger partial charge in [-0.15, -0.1) is 16.4 Å². The summed E-state index contributed by atoms with van der Waals surface area (Å²) in [5.41, 5.74) is 1.40. The summed E-state index contributed by atoms with van der Waals surface area (Å²) in [5.74, 6) is -0.978. The van der Waals surface area contributed by atoms with Crippen molar-refractivity contribution in [2.45, 2.75) is 26.3 Å². The van der Waals surface area contributed by atoms with Crippen LogP contribution >= 0.6 is 11.3 Å². The molecule has 1 N–H and O–H groups in total. The van der Waals surface area contributed by atoms with Gasteiger partial charge < -0.3 is 5.11 Å². The highest BCUT2D eigenvalue weighted by Gasteiger charge is 2.17. The molecular weight excluding hydrogens is 286 g/mol. The molecule has 0 aliphatic carbocycles.